The van der Waals surface area contributed by atoms with Crippen LogP contribution in [0.2, 0.25) is 0 Å². The minimum atomic E-state index is -0.672. The predicted molar refractivity (Wildman–Crippen MR) is 76.3 cm³/mol. The van der Waals surface area contributed by atoms with Crippen LogP contribution in [0.3, 0.4) is 0 Å². The molecular formula is C15H17NO5. The molecule has 0 heterocycles. The van der Waals surface area contributed by atoms with Gasteiger partial charge in [0.15, 0.2) is 11.5 Å². The zero-order chi connectivity index (χ0) is 15.8. The third-order valence-corrected chi connectivity index (χ3v) is 2.61. The van der Waals surface area contributed by atoms with Crippen molar-refractivity contribution in [2.24, 2.45) is 0 Å². The van der Waals surface area contributed by atoms with Crippen LogP contribution in [0.4, 0.5) is 0 Å². The third kappa shape index (κ3) is 3.89. The summed E-state index contributed by atoms with van der Waals surface area (Å²) < 4.78 is 20.4. The average Bonchev–Trinajstić information content (AvgIpc) is 2.51. The normalized spacial score (nSPS) is 10.5. The lowest BCUT2D eigenvalue weighted by Gasteiger charge is -2.13. The largest absolute Gasteiger partial charge is 0.493 e. The molecule has 0 aromatic heterocycles. The van der Waals surface area contributed by atoms with Crippen LogP contribution >= 0.6 is 0 Å². The van der Waals surface area contributed by atoms with E-state index < -0.39 is 5.97 Å². The molecular weight excluding hydrogens is 274 g/mol. The van der Waals surface area contributed by atoms with Crippen molar-refractivity contribution in [2.75, 3.05) is 27.9 Å². The Morgan fingerprint density at radius 3 is 2.14 bits per heavy atom. The van der Waals surface area contributed by atoms with Crippen LogP contribution < -0.4 is 14.2 Å². The minimum absolute atomic E-state index is 0.105. The number of esters is 1. The number of ether oxygens (including phenoxy) is 4. The number of carbonyl (C=O) groups is 1. The molecule has 6 nitrogen and oxygen atoms in total. The van der Waals surface area contributed by atoms with E-state index in [0.717, 1.165) is 0 Å². The first-order valence-electron chi connectivity index (χ1n) is 6.20. The van der Waals surface area contributed by atoms with Crippen LogP contribution in [0.5, 0.6) is 17.2 Å². The van der Waals surface area contributed by atoms with Gasteiger partial charge in [0, 0.05) is 0 Å². The zero-order valence-electron chi connectivity index (χ0n) is 12.4. The number of hydrogen-bond donors (Lipinski definition) is 0. The molecule has 0 aliphatic heterocycles. The second-order valence-electron chi connectivity index (χ2n) is 3.85. The van der Waals surface area contributed by atoms with Crippen LogP contribution in [0.25, 0.3) is 6.08 Å². The number of hydrogen-bond acceptors (Lipinski definition) is 6. The Balaban J connectivity index is 3.30. The molecule has 1 aromatic carbocycles. The Hall–Kier alpha value is -2.68. The molecule has 0 bridgehead atoms. The van der Waals surface area contributed by atoms with Gasteiger partial charge >= 0.3 is 5.97 Å². The molecule has 0 N–H and O–H groups in total. The first-order valence-corrected chi connectivity index (χ1v) is 6.20. The van der Waals surface area contributed by atoms with E-state index >= 15 is 0 Å². The molecule has 112 valence electrons. The molecule has 21 heavy (non-hydrogen) atoms. The van der Waals surface area contributed by atoms with Crippen LogP contribution in [0.15, 0.2) is 17.7 Å². The summed E-state index contributed by atoms with van der Waals surface area (Å²) >= 11 is 0. The highest BCUT2D eigenvalue weighted by atomic mass is 16.5. The Morgan fingerprint density at radius 1 is 1.19 bits per heavy atom. The van der Waals surface area contributed by atoms with E-state index in [9.17, 15) is 4.79 Å². The fourth-order valence-electron chi connectivity index (χ4n) is 1.70. The zero-order valence-corrected chi connectivity index (χ0v) is 12.4. The van der Waals surface area contributed by atoms with Crippen molar-refractivity contribution in [3.8, 4) is 23.3 Å². The third-order valence-electron chi connectivity index (χ3n) is 2.61. The van der Waals surface area contributed by atoms with Gasteiger partial charge < -0.3 is 18.9 Å². The number of carbonyl (C=O) groups excluding carboxylic acids is 1. The Morgan fingerprint density at radius 2 is 1.76 bits per heavy atom. The molecule has 1 aromatic rings. The van der Waals surface area contributed by atoms with Gasteiger partial charge in [-0.3, -0.25) is 0 Å². The monoisotopic (exact) mass is 291 g/mol. The van der Waals surface area contributed by atoms with Crippen LogP contribution in [0, 0.1) is 11.3 Å². The molecule has 0 unspecified atom stereocenters. The summed E-state index contributed by atoms with van der Waals surface area (Å²) in [5.74, 6) is 0.633. The van der Waals surface area contributed by atoms with E-state index in [1.165, 1.54) is 27.4 Å². The van der Waals surface area contributed by atoms with Crippen molar-refractivity contribution in [1.29, 1.82) is 5.26 Å². The SMILES string of the molecule is CCOC(=O)/C(C#N)=C\c1cc(OC)c(OC)c(OC)c1. The molecule has 1 rings (SSSR count). The van der Waals surface area contributed by atoms with Crippen molar-refractivity contribution in [3.63, 3.8) is 0 Å². The van der Waals surface area contributed by atoms with Gasteiger partial charge in [0.2, 0.25) is 5.75 Å². The highest BCUT2D eigenvalue weighted by molar-refractivity contribution is 5.98. The average molecular weight is 291 g/mol. The summed E-state index contributed by atoms with van der Waals surface area (Å²) in [4.78, 5) is 11.6. The van der Waals surface area contributed by atoms with E-state index in [1.54, 1.807) is 19.1 Å². The van der Waals surface area contributed by atoms with Crippen molar-refractivity contribution in [1.82, 2.24) is 0 Å². The summed E-state index contributed by atoms with van der Waals surface area (Å²) in [6.45, 7) is 1.87. The van der Waals surface area contributed by atoms with Crippen LogP contribution in [-0.4, -0.2) is 33.9 Å². The predicted octanol–water partition coefficient (Wildman–Crippen LogP) is 2.18. The lowest BCUT2D eigenvalue weighted by atomic mass is 10.1. The number of rotatable bonds is 6. The maximum atomic E-state index is 11.6. The molecule has 0 atom stereocenters. The second-order valence-corrected chi connectivity index (χ2v) is 3.85. The molecule has 0 amide bonds. The van der Waals surface area contributed by atoms with E-state index in [2.05, 4.69) is 0 Å². The fourth-order valence-corrected chi connectivity index (χ4v) is 1.70. The van der Waals surface area contributed by atoms with Gasteiger partial charge in [-0.25, -0.2) is 4.79 Å². The molecule has 6 heteroatoms. The highest BCUT2D eigenvalue weighted by Gasteiger charge is 2.15. The lowest BCUT2D eigenvalue weighted by Crippen LogP contribution is -2.06. The summed E-state index contributed by atoms with van der Waals surface area (Å²) in [6.07, 6.45) is 1.41. The lowest BCUT2D eigenvalue weighted by molar-refractivity contribution is -0.137. The van der Waals surface area contributed by atoms with Crippen molar-refractivity contribution < 1.29 is 23.7 Å². The molecule has 0 radical (unpaired) electrons. The van der Waals surface area contributed by atoms with Gasteiger partial charge in [0.25, 0.3) is 0 Å². The Bertz CT molecular complexity index is 561. The number of nitrogens with zero attached hydrogens (tertiary/aromatic N) is 1. The van der Waals surface area contributed by atoms with Gasteiger partial charge in [-0.2, -0.15) is 5.26 Å². The van der Waals surface area contributed by atoms with Crippen molar-refractivity contribution in [3.05, 3.63) is 23.3 Å². The van der Waals surface area contributed by atoms with Gasteiger partial charge in [0.05, 0.1) is 27.9 Å². The van der Waals surface area contributed by atoms with Crippen molar-refractivity contribution in [2.45, 2.75) is 6.92 Å². The van der Waals surface area contributed by atoms with E-state index in [-0.39, 0.29) is 12.2 Å². The smallest absolute Gasteiger partial charge is 0.348 e. The number of benzene rings is 1. The summed E-state index contributed by atoms with van der Waals surface area (Å²) in [5.41, 5.74) is 0.459. The summed E-state index contributed by atoms with van der Waals surface area (Å²) in [5, 5.41) is 9.03. The Labute approximate surface area is 123 Å². The van der Waals surface area contributed by atoms with E-state index in [1.807, 2.05) is 6.07 Å². The molecule has 0 saturated heterocycles. The summed E-state index contributed by atoms with van der Waals surface area (Å²) in [7, 11) is 4.47. The number of nitriles is 1. The first kappa shape index (κ1) is 16.4. The topological polar surface area (TPSA) is 77.8 Å². The molecule has 0 saturated carbocycles. The van der Waals surface area contributed by atoms with Gasteiger partial charge in [-0.05, 0) is 30.7 Å². The maximum absolute atomic E-state index is 11.6. The molecule has 0 aliphatic rings. The maximum Gasteiger partial charge on any atom is 0.348 e. The van der Waals surface area contributed by atoms with Crippen molar-refractivity contribution >= 4 is 12.0 Å². The quantitative estimate of drug-likeness (QED) is 0.454. The molecule has 0 aliphatic carbocycles. The minimum Gasteiger partial charge on any atom is -0.493 e. The fraction of sp³-hybridized carbons (Fsp3) is 0.333. The van der Waals surface area contributed by atoms with E-state index in [0.29, 0.717) is 22.8 Å². The second kappa shape index (κ2) is 7.80. The van der Waals surface area contributed by atoms with Gasteiger partial charge in [-0.1, -0.05) is 0 Å². The van der Waals surface area contributed by atoms with Gasteiger partial charge in [0.1, 0.15) is 11.6 Å². The van der Waals surface area contributed by atoms with Crippen LogP contribution in [-0.2, 0) is 9.53 Å². The summed E-state index contributed by atoms with van der Waals surface area (Å²) in [6, 6.07) is 5.09. The molecule has 0 fully saturated rings. The van der Waals surface area contributed by atoms with E-state index in [4.69, 9.17) is 24.2 Å². The standard InChI is InChI=1S/C15H17NO5/c1-5-21-15(17)11(9-16)6-10-7-12(18-2)14(20-4)13(8-10)19-3/h6-8H,5H2,1-4H3/b11-6-. The van der Waals surface area contributed by atoms with Gasteiger partial charge in [-0.15, -0.1) is 0 Å². The van der Waals surface area contributed by atoms with Crippen LogP contribution in [0.1, 0.15) is 12.5 Å². The number of methoxy groups -OCH3 is 3. The first-order chi connectivity index (χ1) is 10.1. The molecule has 0 spiro atoms. The highest BCUT2D eigenvalue weighted by Crippen LogP contribution is 2.38. The Kier molecular flexibility index (Phi) is 6.08.